The van der Waals surface area contributed by atoms with Crippen molar-refractivity contribution in [3.63, 3.8) is 0 Å². The molecule has 28 heavy (non-hydrogen) atoms. The highest BCUT2D eigenvalue weighted by Gasteiger charge is 2.28. The van der Waals surface area contributed by atoms with Crippen molar-refractivity contribution in [3.8, 4) is 0 Å². The van der Waals surface area contributed by atoms with E-state index in [4.69, 9.17) is 11.6 Å². The van der Waals surface area contributed by atoms with E-state index in [9.17, 15) is 14.4 Å². The van der Waals surface area contributed by atoms with Gasteiger partial charge in [-0.2, -0.15) is 0 Å². The SMILES string of the molecule is O=C(NNC(=O)C1CCN(C(=O)c2ccc(Br)cc2)CC1)c1ccc(Cl)cc1. The zero-order chi connectivity index (χ0) is 20.1. The van der Waals surface area contributed by atoms with E-state index >= 15 is 0 Å². The number of nitrogens with one attached hydrogen (secondary N) is 2. The van der Waals surface area contributed by atoms with Gasteiger partial charge < -0.3 is 4.90 Å². The molecule has 1 heterocycles. The van der Waals surface area contributed by atoms with Gasteiger partial charge in [0.2, 0.25) is 5.91 Å². The minimum absolute atomic E-state index is 0.0394. The van der Waals surface area contributed by atoms with Gasteiger partial charge in [-0.15, -0.1) is 0 Å². The number of likely N-dealkylation sites (tertiary alicyclic amines) is 1. The molecule has 0 unspecified atom stereocenters. The summed E-state index contributed by atoms with van der Waals surface area (Å²) in [4.78, 5) is 38.6. The van der Waals surface area contributed by atoms with Gasteiger partial charge in [-0.25, -0.2) is 0 Å². The lowest BCUT2D eigenvalue weighted by Crippen LogP contribution is -2.48. The summed E-state index contributed by atoms with van der Waals surface area (Å²) in [6.07, 6.45) is 1.09. The molecule has 8 heteroatoms. The highest BCUT2D eigenvalue weighted by molar-refractivity contribution is 9.10. The molecule has 0 bridgehead atoms. The van der Waals surface area contributed by atoms with Gasteiger partial charge >= 0.3 is 0 Å². The second kappa shape index (κ2) is 9.21. The Hall–Kier alpha value is -2.38. The van der Waals surface area contributed by atoms with Crippen LogP contribution in [0.15, 0.2) is 53.0 Å². The summed E-state index contributed by atoms with van der Waals surface area (Å²) in [6.45, 7) is 0.996. The quantitative estimate of drug-likeness (QED) is 0.683. The summed E-state index contributed by atoms with van der Waals surface area (Å²) in [7, 11) is 0. The van der Waals surface area contributed by atoms with Crippen LogP contribution in [0.1, 0.15) is 33.6 Å². The molecular weight excluding hydrogens is 446 g/mol. The number of hydrazine groups is 1. The number of rotatable bonds is 3. The molecule has 0 aliphatic carbocycles. The van der Waals surface area contributed by atoms with Gasteiger partial charge in [-0.05, 0) is 61.4 Å². The number of carbonyl (C=O) groups is 3. The monoisotopic (exact) mass is 463 g/mol. The Labute approximate surface area is 176 Å². The van der Waals surface area contributed by atoms with Crippen molar-refractivity contribution in [2.75, 3.05) is 13.1 Å². The number of hydrogen-bond donors (Lipinski definition) is 2. The summed E-state index contributed by atoms with van der Waals surface area (Å²) in [5.74, 6) is -0.951. The average Bonchev–Trinajstić information content (AvgIpc) is 2.72. The second-order valence-corrected chi connectivity index (χ2v) is 7.88. The molecule has 0 aromatic heterocycles. The maximum atomic E-state index is 12.5. The van der Waals surface area contributed by atoms with E-state index < -0.39 is 5.91 Å². The lowest BCUT2D eigenvalue weighted by atomic mass is 9.95. The summed E-state index contributed by atoms with van der Waals surface area (Å²) in [6, 6.07) is 13.6. The maximum Gasteiger partial charge on any atom is 0.269 e. The Bertz CT molecular complexity index is 863. The number of nitrogens with zero attached hydrogens (tertiary/aromatic N) is 1. The van der Waals surface area contributed by atoms with E-state index in [1.165, 1.54) is 0 Å². The van der Waals surface area contributed by atoms with Crippen molar-refractivity contribution >= 4 is 45.3 Å². The van der Waals surface area contributed by atoms with Gasteiger partial charge in [0.1, 0.15) is 0 Å². The average molecular weight is 465 g/mol. The van der Waals surface area contributed by atoms with Gasteiger partial charge in [-0.3, -0.25) is 25.2 Å². The lowest BCUT2D eigenvalue weighted by Gasteiger charge is -2.31. The van der Waals surface area contributed by atoms with Gasteiger partial charge in [0.05, 0.1) is 0 Å². The zero-order valence-electron chi connectivity index (χ0n) is 15.0. The molecule has 6 nitrogen and oxygen atoms in total. The highest BCUT2D eigenvalue weighted by atomic mass is 79.9. The van der Waals surface area contributed by atoms with Crippen molar-refractivity contribution < 1.29 is 14.4 Å². The van der Waals surface area contributed by atoms with Crippen LogP contribution in [-0.2, 0) is 4.79 Å². The smallest absolute Gasteiger partial charge is 0.269 e. The Kier molecular flexibility index (Phi) is 6.70. The van der Waals surface area contributed by atoms with Crippen molar-refractivity contribution in [2.24, 2.45) is 5.92 Å². The fourth-order valence-corrected chi connectivity index (χ4v) is 3.40. The van der Waals surface area contributed by atoms with E-state index in [2.05, 4.69) is 26.8 Å². The normalized spacial score (nSPS) is 14.4. The van der Waals surface area contributed by atoms with Crippen molar-refractivity contribution in [1.82, 2.24) is 15.8 Å². The van der Waals surface area contributed by atoms with Gasteiger partial charge in [0.25, 0.3) is 11.8 Å². The van der Waals surface area contributed by atoms with Crippen molar-refractivity contribution in [2.45, 2.75) is 12.8 Å². The third-order valence-electron chi connectivity index (χ3n) is 4.65. The fraction of sp³-hybridized carbons (Fsp3) is 0.250. The van der Waals surface area contributed by atoms with Crippen LogP contribution >= 0.6 is 27.5 Å². The molecule has 0 spiro atoms. The number of amides is 3. The first kappa shape index (κ1) is 20.4. The van der Waals surface area contributed by atoms with Gasteiger partial charge in [0.15, 0.2) is 0 Å². The first-order valence-corrected chi connectivity index (χ1v) is 10.0. The van der Waals surface area contributed by atoms with E-state index in [1.54, 1.807) is 41.3 Å². The molecule has 0 atom stereocenters. The fourth-order valence-electron chi connectivity index (χ4n) is 3.01. The number of halogens is 2. The predicted molar refractivity (Wildman–Crippen MR) is 110 cm³/mol. The summed E-state index contributed by atoms with van der Waals surface area (Å²) in [5.41, 5.74) is 5.91. The van der Waals surface area contributed by atoms with Crippen LogP contribution in [0.25, 0.3) is 0 Å². The largest absolute Gasteiger partial charge is 0.339 e. The molecule has 3 amide bonds. The van der Waals surface area contributed by atoms with Crippen LogP contribution in [0.3, 0.4) is 0 Å². The number of carbonyl (C=O) groups excluding carboxylic acids is 3. The van der Waals surface area contributed by atoms with Crippen molar-refractivity contribution in [1.29, 1.82) is 0 Å². The van der Waals surface area contributed by atoms with E-state index in [0.717, 1.165) is 4.47 Å². The second-order valence-electron chi connectivity index (χ2n) is 6.52. The molecule has 1 aliphatic heterocycles. The van der Waals surface area contributed by atoms with Crippen LogP contribution in [0.5, 0.6) is 0 Å². The molecule has 2 aromatic rings. The summed E-state index contributed by atoms with van der Waals surface area (Å²) >= 11 is 9.15. The standard InChI is InChI=1S/C20H19BrClN3O3/c21-16-5-1-15(2-6-16)20(28)25-11-9-14(10-12-25)19(27)24-23-18(26)13-3-7-17(22)8-4-13/h1-8,14H,9-12H2,(H,23,26)(H,24,27). The molecule has 0 saturated carbocycles. The first-order chi connectivity index (χ1) is 13.4. The lowest BCUT2D eigenvalue weighted by molar-refractivity contribution is -0.127. The molecule has 146 valence electrons. The number of piperidine rings is 1. The maximum absolute atomic E-state index is 12.5. The molecule has 1 aliphatic rings. The van der Waals surface area contributed by atoms with Gasteiger partial charge in [0, 0.05) is 39.6 Å². The van der Waals surface area contributed by atoms with Crippen LogP contribution in [-0.4, -0.2) is 35.7 Å². The summed E-state index contributed by atoms with van der Waals surface area (Å²) < 4.78 is 0.917. The minimum atomic E-state index is -0.409. The van der Waals surface area contributed by atoms with E-state index in [0.29, 0.717) is 42.1 Å². The molecular formula is C20H19BrClN3O3. The minimum Gasteiger partial charge on any atom is -0.339 e. The third-order valence-corrected chi connectivity index (χ3v) is 5.43. The zero-order valence-corrected chi connectivity index (χ0v) is 17.3. The third kappa shape index (κ3) is 5.11. The molecule has 2 N–H and O–H groups in total. The Morgan fingerprint density at radius 1 is 0.893 bits per heavy atom. The molecule has 2 aromatic carbocycles. The van der Waals surface area contributed by atoms with Crippen LogP contribution in [0, 0.1) is 5.92 Å². The molecule has 3 rings (SSSR count). The predicted octanol–water partition coefficient (Wildman–Crippen LogP) is 3.42. The van der Waals surface area contributed by atoms with E-state index in [-0.39, 0.29) is 17.7 Å². The highest BCUT2D eigenvalue weighted by Crippen LogP contribution is 2.20. The van der Waals surface area contributed by atoms with Crippen LogP contribution in [0.2, 0.25) is 5.02 Å². The number of hydrogen-bond acceptors (Lipinski definition) is 3. The molecule has 1 fully saturated rings. The topological polar surface area (TPSA) is 78.5 Å². The Morgan fingerprint density at radius 3 is 2.07 bits per heavy atom. The van der Waals surface area contributed by atoms with Gasteiger partial charge in [-0.1, -0.05) is 27.5 Å². The first-order valence-electron chi connectivity index (χ1n) is 8.84. The summed E-state index contributed by atoms with van der Waals surface area (Å²) in [5, 5.41) is 0.532. The number of benzene rings is 2. The molecule has 0 radical (unpaired) electrons. The van der Waals surface area contributed by atoms with E-state index in [1.807, 2.05) is 12.1 Å². The Morgan fingerprint density at radius 2 is 1.46 bits per heavy atom. The van der Waals surface area contributed by atoms with Crippen LogP contribution in [0.4, 0.5) is 0 Å². The van der Waals surface area contributed by atoms with Crippen molar-refractivity contribution in [3.05, 3.63) is 69.2 Å². The van der Waals surface area contributed by atoms with Crippen LogP contribution < -0.4 is 10.9 Å². The Balaban J connectivity index is 1.47. The molecule has 1 saturated heterocycles.